The highest BCUT2D eigenvalue weighted by atomic mass is 16.4. The van der Waals surface area contributed by atoms with Crippen molar-refractivity contribution in [3.63, 3.8) is 0 Å². The van der Waals surface area contributed by atoms with Crippen LogP contribution in [0.3, 0.4) is 0 Å². The van der Waals surface area contributed by atoms with E-state index in [1.807, 2.05) is 0 Å². The Morgan fingerprint density at radius 1 is 1.55 bits per heavy atom. The first-order valence-electron chi connectivity index (χ1n) is 6.82. The van der Waals surface area contributed by atoms with Crippen LogP contribution in [-0.4, -0.2) is 28.5 Å². The van der Waals surface area contributed by atoms with E-state index in [4.69, 9.17) is 10.9 Å². The molecule has 1 aromatic heterocycles. The second-order valence-corrected chi connectivity index (χ2v) is 5.35. The number of nitrogens with one attached hydrogen (secondary N) is 1. The third-order valence-electron chi connectivity index (χ3n) is 3.76. The number of oxime groups is 1. The van der Waals surface area contributed by atoms with Gasteiger partial charge in [-0.3, -0.25) is 9.78 Å². The summed E-state index contributed by atoms with van der Waals surface area (Å²) >= 11 is 0. The van der Waals surface area contributed by atoms with Gasteiger partial charge in [-0.15, -0.1) is 0 Å². The summed E-state index contributed by atoms with van der Waals surface area (Å²) in [6.07, 6.45) is 6.10. The molecular formula is C14H20N4O2. The van der Waals surface area contributed by atoms with Crippen LogP contribution in [0, 0.1) is 5.41 Å². The molecule has 0 bridgehead atoms. The molecule has 20 heavy (non-hydrogen) atoms. The van der Waals surface area contributed by atoms with Gasteiger partial charge in [-0.25, -0.2) is 0 Å². The topological polar surface area (TPSA) is 101 Å². The Balaban J connectivity index is 1.93. The molecule has 0 aromatic carbocycles. The maximum atomic E-state index is 12.0. The van der Waals surface area contributed by atoms with E-state index in [2.05, 4.69) is 22.4 Å². The van der Waals surface area contributed by atoms with Gasteiger partial charge in [0, 0.05) is 18.3 Å². The summed E-state index contributed by atoms with van der Waals surface area (Å²) in [5, 5.41) is 14.4. The van der Waals surface area contributed by atoms with Crippen LogP contribution in [0.4, 0.5) is 0 Å². The van der Waals surface area contributed by atoms with Crippen molar-refractivity contribution in [2.75, 3.05) is 6.54 Å². The quantitative estimate of drug-likeness (QED) is 0.317. The molecule has 1 aliphatic carbocycles. The molecule has 108 valence electrons. The number of amidine groups is 1. The fourth-order valence-corrected chi connectivity index (χ4v) is 2.32. The lowest BCUT2D eigenvalue weighted by molar-refractivity contribution is 0.0938. The molecule has 0 spiro atoms. The smallest absolute Gasteiger partial charge is 0.269 e. The number of nitrogens with zero attached hydrogens (tertiary/aromatic N) is 2. The standard InChI is InChI=1S/C14H20N4O2/c1-2-5-14(6-7-14)9-17-13(19)11-4-3-10(8-16-11)12(15)18-20/h3-4,8,20H,2,5-7,9H2,1H3,(H2,15,18)(H,17,19). The summed E-state index contributed by atoms with van der Waals surface area (Å²) in [4.78, 5) is 16.0. The van der Waals surface area contributed by atoms with Crippen molar-refractivity contribution in [3.05, 3.63) is 29.6 Å². The zero-order valence-corrected chi connectivity index (χ0v) is 11.6. The number of amides is 1. The van der Waals surface area contributed by atoms with Crippen molar-refractivity contribution in [1.29, 1.82) is 0 Å². The summed E-state index contributed by atoms with van der Waals surface area (Å²) in [6.45, 7) is 2.87. The molecule has 6 nitrogen and oxygen atoms in total. The second-order valence-electron chi connectivity index (χ2n) is 5.35. The van der Waals surface area contributed by atoms with E-state index in [0.717, 1.165) is 12.8 Å². The first kappa shape index (κ1) is 14.3. The van der Waals surface area contributed by atoms with Gasteiger partial charge in [0.15, 0.2) is 5.84 Å². The highest BCUT2D eigenvalue weighted by molar-refractivity contribution is 5.98. The van der Waals surface area contributed by atoms with Crippen molar-refractivity contribution in [1.82, 2.24) is 10.3 Å². The van der Waals surface area contributed by atoms with Gasteiger partial charge >= 0.3 is 0 Å². The molecule has 1 aromatic rings. The molecule has 1 amide bonds. The molecule has 0 unspecified atom stereocenters. The maximum Gasteiger partial charge on any atom is 0.269 e. The van der Waals surface area contributed by atoms with Gasteiger partial charge in [-0.05, 0) is 36.8 Å². The van der Waals surface area contributed by atoms with Gasteiger partial charge in [-0.2, -0.15) is 0 Å². The van der Waals surface area contributed by atoms with Gasteiger partial charge in [0.1, 0.15) is 5.69 Å². The highest BCUT2D eigenvalue weighted by Crippen LogP contribution is 2.48. The van der Waals surface area contributed by atoms with E-state index in [9.17, 15) is 4.79 Å². The summed E-state index contributed by atoms with van der Waals surface area (Å²) in [5.41, 5.74) is 6.57. The maximum absolute atomic E-state index is 12.0. The molecule has 1 saturated carbocycles. The predicted octanol–water partition coefficient (Wildman–Crippen LogP) is 1.49. The average molecular weight is 276 g/mol. The largest absolute Gasteiger partial charge is 0.409 e. The van der Waals surface area contributed by atoms with E-state index in [1.165, 1.54) is 19.0 Å². The third-order valence-corrected chi connectivity index (χ3v) is 3.76. The second kappa shape index (κ2) is 5.90. The molecule has 0 atom stereocenters. The number of rotatable bonds is 6. The van der Waals surface area contributed by atoms with Crippen molar-refractivity contribution in [2.45, 2.75) is 32.6 Å². The van der Waals surface area contributed by atoms with Crippen LogP contribution in [0.2, 0.25) is 0 Å². The molecule has 0 aliphatic heterocycles. The van der Waals surface area contributed by atoms with E-state index in [1.54, 1.807) is 12.1 Å². The first-order valence-corrected chi connectivity index (χ1v) is 6.82. The van der Waals surface area contributed by atoms with Crippen molar-refractivity contribution >= 4 is 11.7 Å². The predicted molar refractivity (Wildman–Crippen MR) is 75.7 cm³/mol. The Morgan fingerprint density at radius 3 is 2.80 bits per heavy atom. The Labute approximate surface area is 118 Å². The lowest BCUT2D eigenvalue weighted by Crippen LogP contribution is -2.30. The van der Waals surface area contributed by atoms with Crippen LogP contribution in [0.25, 0.3) is 0 Å². The lowest BCUT2D eigenvalue weighted by Gasteiger charge is -2.14. The number of hydrogen-bond donors (Lipinski definition) is 3. The van der Waals surface area contributed by atoms with Gasteiger partial charge in [0.05, 0.1) is 0 Å². The molecule has 0 radical (unpaired) electrons. The van der Waals surface area contributed by atoms with Crippen LogP contribution in [0.1, 0.15) is 48.7 Å². The Kier molecular flexibility index (Phi) is 4.22. The summed E-state index contributed by atoms with van der Waals surface area (Å²) < 4.78 is 0. The average Bonchev–Trinajstić information content (AvgIpc) is 3.24. The number of nitrogens with two attached hydrogens (primary N) is 1. The van der Waals surface area contributed by atoms with Crippen molar-refractivity contribution in [3.8, 4) is 0 Å². The van der Waals surface area contributed by atoms with Crippen LogP contribution >= 0.6 is 0 Å². The van der Waals surface area contributed by atoms with Gasteiger partial charge in [-0.1, -0.05) is 18.5 Å². The number of hydrogen-bond acceptors (Lipinski definition) is 4. The van der Waals surface area contributed by atoms with Crippen LogP contribution < -0.4 is 11.1 Å². The SMILES string of the molecule is CCCC1(CNC(=O)c2ccc(/C(N)=N/O)cn2)CC1. The number of aromatic nitrogens is 1. The van der Waals surface area contributed by atoms with Crippen LogP contribution in [-0.2, 0) is 0 Å². The first-order chi connectivity index (χ1) is 9.60. The normalized spacial score (nSPS) is 16.8. The molecule has 2 rings (SSSR count). The number of pyridine rings is 1. The number of carbonyl (C=O) groups is 1. The number of carbonyl (C=O) groups excluding carboxylic acids is 1. The zero-order chi connectivity index (χ0) is 14.6. The van der Waals surface area contributed by atoms with Gasteiger partial charge in [0.2, 0.25) is 0 Å². The summed E-state index contributed by atoms with van der Waals surface area (Å²) in [7, 11) is 0. The van der Waals surface area contributed by atoms with Crippen LogP contribution in [0.5, 0.6) is 0 Å². The van der Waals surface area contributed by atoms with Gasteiger partial charge < -0.3 is 16.3 Å². The van der Waals surface area contributed by atoms with Crippen molar-refractivity contribution < 1.29 is 10.0 Å². The Bertz CT molecular complexity index is 506. The fourth-order valence-electron chi connectivity index (χ4n) is 2.32. The molecule has 1 fully saturated rings. The Morgan fingerprint density at radius 2 is 2.30 bits per heavy atom. The van der Waals surface area contributed by atoms with Crippen molar-refractivity contribution in [2.24, 2.45) is 16.3 Å². The minimum absolute atomic E-state index is 0.0238. The van der Waals surface area contributed by atoms with E-state index >= 15 is 0 Å². The summed E-state index contributed by atoms with van der Waals surface area (Å²) in [6, 6.07) is 3.18. The molecule has 1 heterocycles. The molecular weight excluding hydrogens is 256 g/mol. The van der Waals surface area contributed by atoms with Gasteiger partial charge in [0.25, 0.3) is 5.91 Å². The minimum atomic E-state index is -0.182. The van der Waals surface area contributed by atoms with E-state index < -0.39 is 0 Å². The summed E-state index contributed by atoms with van der Waals surface area (Å²) in [5.74, 6) is -0.206. The van der Waals surface area contributed by atoms with E-state index in [-0.39, 0.29) is 11.7 Å². The zero-order valence-electron chi connectivity index (χ0n) is 11.6. The monoisotopic (exact) mass is 276 g/mol. The third kappa shape index (κ3) is 3.26. The molecule has 4 N–H and O–H groups in total. The Hall–Kier alpha value is -2.11. The fraction of sp³-hybridized carbons (Fsp3) is 0.500. The van der Waals surface area contributed by atoms with Crippen LogP contribution in [0.15, 0.2) is 23.5 Å². The highest BCUT2D eigenvalue weighted by Gasteiger charge is 2.41. The molecule has 1 aliphatic rings. The molecule has 6 heteroatoms. The van der Waals surface area contributed by atoms with E-state index in [0.29, 0.717) is 23.2 Å². The lowest BCUT2D eigenvalue weighted by atomic mass is 10.0. The minimum Gasteiger partial charge on any atom is -0.409 e. The molecule has 0 saturated heterocycles.